The molecule has 2 aromatic carbocycles. The van der Waals surface area contributed by atoms with E-state index in [1.807, 2.05) is 0 Å². The Morgan fingerprint density at radius 2 is 2.00 bits per heavy atom. The van der Waals surface area contributed by atoms with Crippen LogP contribution in [0, 0.1) is 10.1 Å². The summed E-state index contributed by atoms with van der Waals surface area (Å²) in [7, 11) is 1.51. The van der Waals surface area contributed by atoms with E-state index < -0.39 is 10.8 Å². The number of hydrogen-bond donors (Lipinski definition) is 1. The number of ether oxygens (including phenoxy) is 2. The lowest BCUT2D eigenvalue weighted by Crippen LogP contribution is -2.16. The third kappa shape index (κ3) is 5.19. The van der Waals surface area contributed by atoms with Crippen molar-refractivity contribution < 1.29 is 23.6 Å². The summed E-state index contributed by atoms with van der Waals surface area (Å²) in [6, 6.07) is 14.4. The summed E-state index contributed by atoms with van der Waals surface area (Å²) >= 11 is 0. The molecule has 0 saturated heterocycles. The lowest BCUT2D eigenvalue weighted by atomic mass is 10.2. The van der Waals surface area contributed by atoms with Crippen LogP contribution in [0.3, 0.4) is 0 Å². The van der Waals surface area contributed by atoms with Crippen LogP contribution in [0.1, 0.15) is 21.7 Å². The Bertz CT molecular complexity index is 1010. The maximum atomic E-state index is 11.8. The highest BCUT2D eigenvalue weighted by molar-refractivity contribution is 5.92. The molecule has 0 radical (unpaired) electrons. The Labute approximate surface area is 165 Å². The third-order valence-corrected chi connectivity index (χ3v) is 3.85. The highest BCUT2D eigenvalue weighted by Crippen LogP contribution is 2.28. The average Bonchev–Trinajstić information content (AvgIpc) is 3.28. The lowest BCUT2D eigenvalue weighted by Gasteiger charge is -2.11. The number of hydrogen-bond acceptors (Lipinski definition) is 7. The molecule has 0 fully saturated rings. The number of nitrogens with zero attached hydrogens (tertiary/aromatic N) is 2. The number of nitro benzene ring substituents is 1. The molecular formula is C20H17N3O6. The Balaban J connectivity index is 1.61. The van der Waals surface area contributed by atoms with Crippen molar-refractivity contribution in [3.05, 3.63) is 87.9 Å². The van der Waals surface area contributed by atoms with Gasteiger partial charge in [0.1, 0.15) is 6.61 Å². The molecule has 1 amide bonds. The normalized spacial score (nSPS) is 10.7. The second kappa shape index (κ2) is 9.18. The maximum absolute atomic E-state index is 11.8. The number of rotatable bonds is 8. The zero-order valence-corrected chi connectivity index (χ0v) is 15.4. The number of carbonyl (C=O) groups excluding carboxylic acids is 1. The topological polar surface area (TPSA) is 116 Å². The number of nitro groups is 1. The van der Waals surface area contributed by atoms with Crippen LogP contribution in [0.5, 0.6) is 11.5 Å². The number of nitrogens with one attached hydrogen (secondary N) is 1. The summed E-state index contributed by atoms with van der Waals surface area (Å²) in [4.78, 5) is 22.0. The van der Waals surface area contributed by atoms with Gasteiger partial charge in [-0.1, -0.05) is 0 Å². The summed E-state index contributed by atoms with van der Waals surface area (Å²) in [5.74, 6) is 0.687. The van der Waals surface area contributed by atoms with Crippen molar-refractivity contribution in [2.24, 2.45) is 5.10 Å². The minimum absolute atomic E-state index is 0.0223. The van der Waals surface area contributed by atoms with E-state index in [-0.39, 0.29) is 18.1 Å². The number of hydrazone groups is 1. The monoisotopic (exact) mass is 395 g/mol. The Kier molecular flexibility index (Phi) is 6.21. The van der Waals surface area contributed by atoms with E-state index >= 15 is 0 Å². The molecule has 29 heavy (non-hydrogen) atoms. The second-order valence-electron chi connectivity index (χ2n) is 5.80. The van der Waals surface area contributed by atoms with Crippen LogP contribution in [0.2, 0.25) is 0 Å². The van der Waals surface area contributed by atoms with E-state index in [0.717, 1.165) is 5.56 Å². The van der Waals surface area contributed by atoms with Gasteiger partial charge in [-0.3, -0.25) is 14.9 Å². The second-order valence-corrected chi connectivity index (χ2v) is 5.80. The largest absolute Gasteiger partial charge is 0.493 e. The molecule has 0 bridgehead atoms. The maximum Gasteiger partial charge on any atom is 0.307 e. The molecule has 1 aromatic heterocycles. The molecule has 148 valence electrons. The SMILES string of the molecule is COc1cc(/C=N/NC(=O)c2ccco2)ccc1OCc1ccc([N+](=O)[O-])cc1. The van der Waals surface area contributed by atoms with Gasteiger partial charge < -0.3 is 13.9 Å². The smallest absolute Gasteiger partial charge is 0.307 e. The molecule has 0 aliphatic carbocycles. The fourth-order valence-electron chi connectivity index (χ4n) is 2.39. The molecule has 0 atom stereocenters. The number of methoxy groups -OCH3 is 1. The zero-order chi connectivity index (χ0) is 20.6. The van der Waals surface area contributed by atoms with E-state index in [2.05, 4.69) is 10.5 Å². The van der Waals surface area contributed by atoms with Crippen molar-refractivity contribution >= 4 is 17.8 Å². The number of carbonyl (C=O) groups is 1. The molecule has 0 spiro atoms. The first-order chi connectivity index (χ1) is 14.1. The number of furan rings is 1. The van der Waals surface area contributed by atoms with Crippen LogP contribution in [0.15, 0.2) is 70.4 Å². The molecule has 0 aliphatic heterocycles. The van der Waals surface area contributed by atoms with Crippen LogP contribution >= 0.6 is 0 Å². The highest BCUT2D eigenvalue weighted by atomic mass is 16.6. The predicted octanol–water partition coefficient (Wildman–Crippen LogP) is 3.54. The van der Waals surface area contributed by atoms with Crippen LogP contribution in [0.4, 0.5) is 5.69 Å². The Morgan fingerprint density at radius 1 is 1.21 bits per heavy atom. The lowest BCUT2D eigenvalue weighted by molar-refractivity contribution is -0.384. The van der Waals surface area contributed by atoms with Crippen molar-refractivity contribution in [3.8, 4) is 11.5 Å². The van der Waals surface area contributed by atoms with Crippen LogP contribution in [-0.4, -0.2) is 24.2 Å². The summed E-state index contributed by atoms with van der Waals surface area (Å²) < 4.78 is 16.0. The quantitative estimate of drug-likeness (QED) is 0.354. The van der Waals surface area contributed by atoms with Crippen molar-refractivity contribution in [2.45, 2.75) is 6.61 Å². The van der Waals surface area contributed by atoms with Gasteiger partial charge in [-0.15, -0.1) is 0 Å². The van der Waals surface area contributed by atoms with E-state index in [0.29, 0.717) is 17.1 Å². The molecule has 0 saturated carbocycles. The fourth-order valence-corrected chi connectivity index (χ4v) is 2.39. The molecule has 9 heteroatoms. The first kappa shape index (κ1) is 19.6. The Morgan fingerprint density at radius 3 is 2.66 bits per heavy atom. The van der Waals surface area contributed by atoms with Gasteiger partial charge in [-0.2, -0.15) is 5.10 Å². The van der Waals surface area contributed by atoms with Crippen molar-refractivity contribution in [1.82, 2.24) is 5.43 Å². The molecule has 1 heterocycles. The van der Waals surface area contributed by atoms with Gasteiger partial charge >= 0.3 is 5.91 Å². The number of benzene rings is 2. The highest BCUT2D eigenvalue weighted by Gasteiger charge is 2.09. The van der Waals surface area contributed by atoms with Crippen LogP contribution in [0.25, 0.3) is 0 Å². The van der Waals surface area contributed by atoms with Gasteiger partial charge in [0.15, 0.2) is 17.3 Å². The van der Waals surface area contributed by atoms with Gasteiger partial charge in [0.2, 0.25) is 0 Å². The standard InChI is InChI=1S/C20H17N3O6/c1-27-19-11-15(12-21-22-20(24)18-3-2-10-28-18)6-9-17(19)29-13-14-4-7-16(8-5-14)23(25)26/h2-12H,13H2,1H3,(H,22,24)/b21-12+. The van der Waals surface area contributed by atoms with Gasteiger partial charge in [-0.05, 0) is 53.6 Å². The van der Waals surface area contributed by atoms with E-state index in [9.17, 15) is 14.9 Å². The molecule has 9 nitrogen and oxygen atoms in total. The molecule has 0 unspecified atom stereocenters. The van der Waals surface area contributed by atoms with Crippen molar-refractivity contribution in [1.29, 1.82) is 0 Å². The van der Waals surface area contributed by atoms with Gasteiger partial charge in [0.05, 0.1) is 24.5 Å². The van der Waals surface area contributed by atoms with Gasteiger partial charge in [0.25, 0.3) is 5.69 Å². The minimum Gasteiger partial charge on any atom is -0.493 e. The summed E-state index contributed by atoms with van der Waals surface area (Å²) in [5.41, 5.74) is 3.85. The molecule has 1 N–H and O–H groups in total. The summed E-state index contributed by atoms with van der Waals surface area (Å²) in [6.07, 6.45) is 2.86. The van der Waals surface area contributed by atoms with Crippen LogP contribution in [-0.2, 0) is 6.61 Å². The summed E-state index contributed by atoms with van der Waals surface area (Å²) in [6.45, 7) is 0.223. The Hall–Kier alpha value is -4.14. The fraction of sp³-hybridized carbons (Fsp3) is 0.100. The van der Waals surface area contributed by atoms with Crippen LogP contribution < -0.4 is 14.9 Å². The molecule has 3 rings (SSSR count). The van der Waals surface area contributed by atoms with Gasteiger partial charge in [0, 0.05) is 12.1 Å². The number of amides is 1. The predicted molar refractivity (Wildman–Crippen MR) is 104 cm³/mol. The molecule has 0 aliphatic rings. The average molecular weight is 395 g/mol. The van der Waals surface area contributed by atoms with E-state index in [4.69, 9.17) is 13.9 Å². The zero-order valence-electron chi connectivity index (χ0n) is 15.4. The minimum atomic E-state index is -0.457. The first-order valence-electron chi connectivity index (χ1n) is 8.48. The molecular weight excluding hydrogens is 378 g/mol. The molecule has 3 aromatic rings. The van der Waals surface area contributed by atoms with E-state index in [1.54, 1.807) is 36.4 Å². The van der Waals surface area contributed by atoms with Crippen molar-refractivity contribution in [3.63, 3.8) is 0 Å². The van der Waals surface area contributed by atoms with Crippen molar-refractivity contribution in [2.75, 3.05) is 7.11 Å². The van der Waals surface area contributed by atoms with E-state index in [1.165, 1.54) is 37.8 Å². The third-order valence-electron chi connectivity index (χ3n) is 3.85. The number of non-ortho nitro benzene ring substituents is 1. The summed E-state index contributed by atoms with van der Waals surface area (Å²) in [5, 5.41) is 14.6. The van der Waals surface area contributed by atoms with Gasteiger partial charge in [-0.25, -0.2) is 5.43 Å². The first-order valence-corrected chi connectivity index (χ1v) is 8.48.